The molecule has 0 spiro atoms. The van der Waals surface area contributed by atoms with E-state index in [4.69, 9.17) is 4.74 Å². The predicted octanol–water partition coefficient (Wildman–Crippen LogP) is 3.56. The molecule has 0 amide bonds. The summed E-state index contributed by atoms with van der Waals surface area (Å²) in [6, 6.07) is 3.99. The average Bonchev–Trinajstić information content (AvgIpc) is 2.88. The number of aromatic hydroxyl groups is 1. The molecule has 4 rings (SSSR count). The molecule has 1 aromatic carbocycles. The SMILES string of the molecule is COC#Cc1cc2c(cc1O)CC[C@@H]1[C@@H]2CC[C@]2(C)[C@@H](O)CC[C@@H]12. The minimum absolute atomic E-state index is 0.105. The van der Waals surface area contributed by atoms with Crippen LogP contribution in [0.2, 0.25) is 0 Å². The van der Waals surface area contributed by atoms with Crippen LogP contribution in [0.15, 0.2) is 12.1 Å². The fourth-order valence-corrected chi connectivity index (χ4v) is 5.79. The molecule has 24 heavy (non-hydrogen) atoms. The normalized spacial score (nSPS) is 36.8. The van der Waals surface area contributed by atoms with Crippen LogP contribution in [0, 0.1) is 29.3 Å². The highest BCUT2D eigenvalue weighted by molar-refractivity contribution is 5.52. The Morgan fingerprint density at radius 1 is 1.21 bits per heavy atom. The maximum Gasteiger partial charge on any atom is 0.131 e. The van der Waals surface area contributed by atoms with Gasteiger partial charge >= 0.3 is 0 Å². The molecule has 2 N–H and O–H groups in total. The second-order valence-corrected chi connectivity index (χ2v) is 8.05. The van der Waals surface area contributed by atoms with Crippen LogP contribution in [0.3, 0.4) is 0 Å². The van der Waals surface area contributed by atoms with E-state index >= 15 is 0 Å². The molecule has 5 atom stereocenters. The van der Waals surface area contributed by atoms with Gasteiger partial charge in [0.1, 0.15) is 11.9 Å². The van der Waals surface area contributed by atoms with E-state index in [1.54, 1.807) is 0 Å². The molecule has 3 aliphatic carbocycles. The molecule has 0 unspecified atom stereocenters. The van der Waals surface area contributed by atoms with Crippen LogP contribution in [-0.4, -0.2) is 23.4 Å². The number of aliphatic hydroxyl groups excluding tert-OH is 1. The Morgan fingerprint density at radius 3 is 2.83 bits per heavy atom. The minimum Gasteiger partial charge on any atom is -0.507 e. The monoisotopic (exact) mass is 326 g/mol. The number of methoxy groups -OCH3 is 1. The zero-order chi connectivity index (χ0) is 16.9. The van der Waals surface area contributed by atoms with Crippen LogP contribution in [0.1, 0.15) is 61.6 Å². The van der Waals surface area contributed by atoms with Gasteiger partial charge in [-0.3, -0.25) is 0 Å². The van der Waals surface area contributed by atoms with Crippen molar-refractivity contribution in [3.05, 3.63) is 28.8 Å². The van der Waals surface area contributed by atoms with Gasteiger partial charge in [0.2, 0.25) is 0 Å². The van der Waals surface area contributed by atoms with Crippen LogP contribution in [-0.2, 0) is 11.2 Å². The number of aryl methyl sites for hydroxylation is 1. The van der Waals surface area contributed by atoms with Crippen LogP contribution in [0.4, 0.5) is 0 Å². The number of aliphatic hydroxyl groups is 1. The zero-order valence-electron chi connectivity index (χ0n) is 14.5. The third-order valence-corrected chi connectivity index (χ3v) is 7.08. The lowest BCUT2D eigenvalue weighted by atomic mass is 9.55. The van der Waals surface area contributed by atoms with Crippen LogP contribution < -0.4 is 0 Å². The first kappa shape index (κ1) is 15.8. The van der Waals surface area contributed by atoms with Crippen molar-refractivity contribution in [1.29, 1.82) is 0 Å². The highest BCUT2D eigenvalue weighted by atomic mass is 16.5. The standard InChI is InChI=1S/C21H26O3/c1-21-9-7-15-16(18(21)5-6-20(21)23)4-3-13-12-19(22)14(8-10-24-2)11-17(13)15/h11-12,15-16,18,20,22-23H,3-7,9H2,1-2H3/t15-,16+,18-,20-,21-/m0/s1. The third-order valence-electron chi connectivity index (χ3n) is 7.08. The van der Waals surface area contributed by atoms with E-state index in [1.165, 1.54) is 24.7 Å². The van der Waals surface area contributed by atoms with E-state index in [9.17, 15) is 10.2 Å². The third kappa shape index (κ3) is 2.24. The molecular formula is C21H26O3. The van der Waals surface area contributed by atoms with Crippen molar-refractivity contribution >= 4 is 0 Å². The fraction of sp³-hybridized carbons (Fsp3) is 0.619. The molecule has 1 aromatic rings. The van der Waals surface area contributed by atoms with Crippen molar-refractivity contribution in [2.75, 3.05) is 7.11 Å². The summed E-state index contributed by atoms with van der Waals surface area (Å²) in [7, 11) is 1.53. The molecule has 0 aliphatic heterocycles. The number of benzene rings is 1. The number of phenols is 1. The van der Waals surface area contributed by atoms with Gasteiger partial charge in [-0.2, -0.15) is 0 Å². The minimum atomic E-state index is -0.132. The lowest BCUT2D eigenvalue weighted by Gasteiger charge is -2.50. The van der Waals surface area contributed by atoms with E-state index in [1.807, 2.05) is 6.07 Å². The molecule has 0 bridgehead atoms. The summed E-state index contributed by atoms with van der Waals surface area (Å²) in [5.41, 5.74) is 3.41. The van der Waals surface area contributed by atoms with E-state index in [0.29, 0.717) is 23.3 Å². The second kappa shape index (κ2) is 5.70. The Kier molecular flexibility index (Phi) is 3.77. The Balaban J connectivity index is 1.71. The number of phenolic OH excluding ortho intramolecular Hbond substituents is 1. The highest BCUT2D eigenvalue weighted by Gasteiger charge is 2.54. The van der Waals surface area contributed by atoms with Crippen LogP contribution >= 0.6 is 0 Å². The van der Waals surface area contributed by atoms with Crippen molar-refractivity contribution in [2.45, 2.75) is 57.5 Å². The molecule has 0 aromatic heterocycles. The van der Waals surface area contributed by atoms with E-state index in [0.717, 1.165) is 32.1 Å². The zero-order valence-corrected chi connectivity index (χ0v) is 14.5. The summed E-state index contributed by atoms with van der Waals surface area (Å²) in [4.78, 5) is 0. The average molecular weight is 326 g/mol. The lowest BCUT2D eigenvalue weighted by Crippen LogP contribution is -2.43. The van der Waals surface area contributed by atoms with Crippen LogP contribution in [0.5, 0.6) is 5.75 Å². The van der Waals surface area contributed by atoms with Crippen molar-refractivity contribution in [3.8, 4) is 17.8 Å². The molecule has 3 heteroatoms. The Morgan fingerprint density at radius 2 is 2.04 bits per heavy atom. The predicted molar refractivity (Wildman–Crippen MR) is 92.6 cm³/mol. The lowest BCUT2D eigenvalue weighted by molar-refractivity contribution is -0.0226. The van der Waals surface area contributed by atoms with Gasteiger partial charge in [0, 0.05) is 0 Å². The molecule has 0 radical (unpaired) electrons. The van der Waals surface area contributed by atoms with E-state index < -0.39 is 0 Å². The largest absolute Gasteiger partial charge is 0.507 e. The smallest absolute Gasteiger partial charge is 0.131 e. The summed E-state index contributed by atoms with van der Waals surface area (Å²) in [6.45, 7) is 2.30. The van der Waals surface area contributed by atoms with E-state index in [2.05, 4.69) is 25.0 Å². The first-order valence-corrected chi connectivity index (χ1v) is 9.12. The maximum absolute atomic E-state index is 10.5. The Bertz CT molecular complexity index is 714. The molecule has 0 heterocycles. The quantitative estimate of drug-likeness (QED) is 0.717. The summed E-state index contributed by atoms with van der Waals surface area (Å²) in [5, 5.41) is 20.7. The number of hydrogen-bond donors (Lipinski definition) is 2. The van der Waals surface area contributed by atoms with Crippen LogP contribution in [0.25, 0.3) is 0 Å². The summed E-state index contributed by atoms with van der Waals surface area (Å²) in [5.74, 6) is 4.99. The maximum atomic E-state index is 10.5. The Labute approximate surface area is 144 Å². The van der Waals surface area contributed by atoms with Crippen molar-refractivity contribution in [3.63, 3.8) is 0 Å². The second-order valence-electron chi connectivity index (χ2n) is 8.05. The number of hydrogen-bond acceptors (Lipinski definition) is 3. The first-order chi connectivity index (χ1) is 11.5. The van der Waals surface area contributed by atoms with Gasteiger partial charge in [0.05, 0.1) is 18.8 Å². The van der Waals surface area contributed by atoms with Crippen molar-refractivity contribution in [2.24, 2.45) is 17.3 Å². The van der Waals surface area contributed by atoms with Gasteiger partial charge < -0.3 is 14.9 Å². The van der Waals surface area contributed by atoms with Gasteiger partial charge in [0.15, 0.2) is 0 Å². The van der Waals surface area contributed by atoms with Crippen molar-refractivity contribution in [1.82, 2.24) is 0 Å². The molecule has 3 aliphatic rings. The molecule has 2 saturated carbocycles. The number of fused-ring (bicyclic) bond motifs is 5. The summed E-state index contributed by atoms with van der Waals surface area (Å²) < 4.78 is 4.83. The van der Waals surface area contributed by atoms with Gasteiger partial charge in [-0.1, -0.05) is 6.92 Å². The molecule has 0 saturated heterocycles. The number of ether oxygens (including phenoxy) is 1. The molecular weight excluding hydrogens is 300 g/mol. The van der Waals surface area contributed by atoms with Gasteiger partial charge in [-0.15, -0.1) is 0 Å². The summed E-state index contributed by atoms with van der Waals surface area (Å²) in [6.07, 6.45) is 8.99. The Hall–Kier alpha value is -1.66. The molecule has 128 valence electrons. The fourth-order valence-electron chi connectivity index (χ4n) is 5.79. The molecule has 3 nitrogen and oxygen atoms in total. The van der Waals surface area contributed by atoms with Crippen molar-refractivity contribution < 1.29 is 14.9 Å². The van der Waals surface area contributed by atoms with Gasteiger partial charge in [-0.05, 0) is 90.9 Å². The topological polar surface area (TPSA) is 49.7 Å². The van der Waals surface area contributed by atoms with Gasteiger partial charge in [-0.25, -0.2) is 0 Å². The number of rotatable bonds is 0. The highest BCUT2D eigenvalue weighted by Crippen LogP contribution is 2.61. The molecule has 2 fully saturated rings. The van der Waals surface area contributed by atoms with E-state index in [-0.39, 0.29) is 17.3 Å². The first-order valence-electron chi connectivity index (χ1n) is 9.12. The summed E-state index contributed by atoms with van der Waals surface area (Å²) >= 11 is 0. The van der Waals surface area contributed by atoms with Gasteiger partial charge in [0.25, 0.3) is 0 Å².